The number of hydrogen-bond acceptors (Lipinski definition) is 3. The first-order chi connectivity index (χ1) is 5.02. The van der Waals surface area contributed by atoms with Gasteiger partial charge in [0.15, 0.2) is 0 Å². The average Bonchev–Trinajstić information content (AvgIpc) is 2.13. The number of aliphatic carboxylic acids is 1. The fourth-order valence-corrected chi connectivity index (χ4v) is 0.685. The van der Waals surface area contributed by atoms with E-state index >= 15 is 0 Å². The van der Waals surface area contributed by atoms with Crippen molar-refractivity contribution in [1.29, 1.82) is 0 Å². The van der Waals surface area contributed by atoms with Gasteiger partial charge in [-0.1, -0.05) is 0 Å². The van der Waals surface area contributed by atoms with Crippen LogP contribution in [-0.2, 0) is 4.79 Å². The van der Waals surface area contributed by atoms with E-state index in [0.29, 0.717) is 18.6 Å². The first-order valence-electron chi connectivity index (χ1n) is 3.29. The van der Waals surface area contributed by atoms with Crippen LogP contribution in [0.1, 0.15) is 19.8 Å². The van der Waals surface area contributed by atoms with Crippen molar-refractivity contribution >= 4 is 5.97 Å². The monoisotopic (exact) mass is 160 g/mol. The molecule has 1 atom stereocenters. The van der Waals surface area contributed by atoms with E-state index in [1.54, 1.807) is 0 Å². The molecule has 1 aliphatic carbocycles. The van der Waals surface area contributed by atoms with Crippen LogP contribution in [0.3, 0.4) is 0 Å². The van der Waals surface area contributed by atoms with E-state index in [4.69, 9.17) is 20.1 Å². The van der Waals surface area contributed by atoms with Gasteiger partial charge in [0.25, 0.3) is 5.97 Å². The van der Waals surface area contributed by atoms with Crippen molar-refractivity contribution in [2.75, 3.05) is 0 Å². The second-order valence-corrected chi connectivity index (χ2v) is 2.28. The molecule has 1 rings (SSSR count). The van der Waals surface area contributed by atoms with Crippen molar-refractivity contribution in [3.8, 4) is 0 Å². The molecule has 0 aromatic carbocycles. The van der Waals surface area contributed by atoms with Crippen LogP contribution in [-0.4, -0.2) is 27.4 Å². The average molecular weight is 160 g/mol. The molecule has 0 aromatic rings. The Morgan fingerprint density at radius 3 is 2.27 bits per heavy atom. The molecule has 0 aliphatic heterocycles. The topological polar surface area (TPSA) is 77.8 Å². The smallest absolute Gasteiger partial charge is 0.300 e. The quantitative estimate of drug-likeness (QED) is 0.486. The van der Waals surface area contributed by atoms with Crippen LogP contribution < -0.4 is 0 Å². The van der Waals surface area contributed by atoms with E-state index in [2.05, 4.69) is 0 Å². The van der Waals surface area contributed by atoms with Crippen LogP contribution in [0.15, 0.2) is 11.8 Å². The number of carboxylic acids is 1. The van der Waals surface area contributed by atoms with Gasteiger partial charge in [0.05, 0.1) is 11.9 Å². The molecular weight excluding hydrogens is 148 g/mol. The van der Waals surface area contributed by atoms with Gasteiger partial charge < -0.3 is 15.3 Å². The molecule has 1 unspecified atom stereocenters. The minimum atomic E-state index is -0.833. The van der Waals surface area contributed by atoms with Gasteiger partial charge in [0.2, 0.25) is 0 Å². The highest BCUT2D eigenvalue weighted by molar-refractivity contribution is 5.62. The minimum Gasteiger partial charge on any atom is -0.513 e. The fourth-order valence-electron chi connectivity index (χ4n) is 0.685. The summed E-state index contributed by atoms with van der Waals surface area (Å²) >= 11 is 0. The molecule has 3 N–H and O–H groups in total. The Hall–Kier alpha value is -1.03. The van der Waals surface area contributed by atoms with Gasteiger partial charge in [-0.3, -0.25) is 4.79 Å². The third-order valence-electron chi connectivity index (χ3n) is 1.08. The van der Waals surface area contributed by atoms with Crippen LogP contribution >= 0.6 is 0 Å². The molecule has 0 fully saturated rings. The summed E-state index contributed by atoms with van der Waals surface area (Å²) in [4.78, 5) is 9.00. The largest absolute Gasteiger partial charge is 0.513 e. The Balaban J connectivity index is 0.000000218. The van der Waals surface area contributed by atoms with Crippen LogP contribution in [0.2, 0.25) is 0 Å². The van der Waals surface area contributed by atoms with Gasteiger partial charge >= 0.3 is 0 Å². The Morgan fingerprint density at radius 1 is 1.73 bits per heavy atom. The van der Waals surface area contributed by atoms with Crippen LogP contribution in [0, 0.1) is 0 Å². The van der Waals surface area contributed by atoms with Gasteiger partial charge in [-0.2, -0.15) is 0 Å². The highest BCUT2D eigenvalue weighted by Gasteiger charge is 2.09. The molecule has 0 radical (unpaired) electrons. The van der Waals surface area contributed by atoms with Crippen molar-refractivity contribution < 1.29 is 20.1 Å². The molecule has 4 heteroatoms. The number of aliphatic hydroxyl groups is 2. The minimum absolute atomic E-state index is 0.326. The standard InChI is InChI=1S/C5H8O2.C2H4O2/c6-4-1-2-5(7)3-4;1-2(3)4/h3-4,6-7H,1-2H2;1H3,(H,3,4). The van der Waals surface area contributed by atoms with Gasteiger partial charge in [0, 0.05) is 13.3 Å². The summed E-state index contributed by atoms with van der Waals surface area (Å²) in [6.07, 6.45) is 2.41. The molecule has 64 valence electrons. The SMILES string of the molecule is CC(=O)O.OC1=CC(O)CC1. The van der Waals surface area contributed by atoms with E-state index in [9.17, 15) is 0 Å². The predicted molar refractivity (Wildman–Crippen MR) is 39.3 cm³/mol. The molecular formula is C7H12O4. The maximum atomic E-state index is 9.00. The first kappa shape index (κ1) is 9.97. The lowest BCUT2D eigenvalue weighted by atomic mass is 10.3. The number of aliphatic hydroxyl groups excluding tert-OH is 2. The predicted octanol–water partition coefficient (Wildman–Crippen LogP) is 0.674. The zero-order chi connectivity index (χ0) is 8.85. The zero-order valence-electron chi connectivity index (χ0n) is 6.32. The van der Waals surface area contributed by atoms with Gasteiger partial charge in [0.1, 0.15) is 0 Å². The molecule has 4 nitrogen and oxygen atoms in total. The summed E-state index contributed by atoms with van der Waals surface area (Å²) in [5, 5.41) is 24.7. The summed E-state index contributed by atoms with van der Waals surface area (Å²) in [5.74, 6) is -0.507. The Kier molecular flexibility index (Phi) is 4.29. The lowest BCUT2D eigenvalue weighted by Gasteiger charge is -1.88. The third kappa shape index (κ3) is 6.86. The van der Waals surface area contributed by atoms with Crippen LogP contribution in [0.25, 0.3) is 0 Å². The molecule has 0 saturated heterocycles. The lowest BCUT2D eigenvalue weighted by Crippen LogP contribution is -1.93. The van der Waals surface area contributed by atoms with E-state index in [-0.39, 0.29) is 6.10 Å². The number of rotatable bonds is 0. The first-order valence-corrected chi connectivity index (χ1v) is 3.29. The van der Waals surface area contributed by atoms with E-state index in [0.717, 1.165) is 6.92 Å². The van der Waals surface area contributed by atoms with E-state index < -0.39 is 5.97 Å². The molecule has 1 aliphatic rings. The highest BCUT2D eigenvalue weighted by atomic mass is 16.4. The van der Waals surface area contributed by atoms with Crippen molar-refractivity contribution in [3.05, 3.63) is 11.8 Å². The van der Waals surface area contributed by atoms with E-state index in [1.807, 2.05) is 0 Å². The Labute approximate surface area is 64.8 Å². The third-order valence-corrected chi connectivity index (χ3v) is 1.08. The zero-order valence-corrected chi connectivity index (χ0v) is 6.32. The van der Waals surface area contributed by atoms with Gasteiger partial charge in [-0.25, -0.2) is 0 Å². The second-order valence-electron chi connectivity index (χ2n) is 2.28. The normalized spacial score (nSPS) is 21.6. The molecule has 0 heterocycles. The van der Waals surface area contributed by atoms with Crippen molar-refractivity contribution in [2.24, 2.45) is 0 Å². The van der Waals surface area contributed by atoms with Crippen molar-refractivity contribution in [3.63, 3.8) is 0 Å². The summed E-state index contributed by atoms with van der Waals surface area (Å²) in [5.41, 5.74) is 0. The van der Waals surface area contributed by atoms with Crippen molar-refractivity contribution in [1.82, 2.24) is 0 Å². The maximum Gasteiger partial charge on any atom is 0.300 e. The molecule has 0 bridgehead atoms. The van der Waals surface area contributed by atoms with Crippen LogP contribution in [0.4, 0.5) is 0 Å². The van der Waals surface area contributed by atoms with Crippen molar-refractivity contribution in [2.45, 2.75) is 25.9 Å². The molecule has 0 aromatic heterocycles. The second kappa shape index (κ2) is 4.73. The number of carboxylic acid groups (broad SMARTS) is 1. The fraction of sp³-hybridized carbons (Fsp3) is 0.571. The number of allylic oxidation sites excluding steroid dienone is 1. The number of carbonyl (C=O) groups is 1. The lowest BCUT2D eigenvalue weighted by molar-refractivity contribution is -0.134. The summed E-state index contributed by atoms with van der Waals surface area (Å²) in [6, 6.07) is 0. The summed E-state index contributed by atoms with van der Waals surface area (Å²) in [7, 11) is 0. The molecule has 0 amide bonds. The highest BCUT2D eigenvalue weighted by Crippen LogP contribution is 2.14. The van der Waals surface area contributed by atoms with Gasteiger partial charge in [-0.15, -0.1) is 0 Å². The van der Waals surface area contributed by atoms with Crippen LogP contribution in [0.5, 0.6) is 0 Å². The maximum absolute atomic E-state index is 9.00. The van der Waals surface area contributed by atoms with Gasteiger partial charge in [-0.05, 0) is 12.5 Å². The Bertz CT molecular complexity index is 158. The van der Waals surface area contributed by atoms with E-state index in [1.165, 1.54) is 6.08 Å². The molecule has 11 heavy (non-hydrogen) atoms. The summed E-state index contributed by atoms with van der Waals surface area (Å²) in [6.45, 7) is 1.08. The number of hydrogen-bond donors (Lipinski definition) is 3. The summed E-state index contributed by atoms with van der Waals surface area (Å²) < 4.78 is 0. The molecule has 0 saturated carbocycles. The molecule has 0 spiro atoms. The Morgan fingerprint density at radius 2 is 2.18 bits per heavy atom.